The number of aromatic nitrogens is 3. The maximum absolute atomic E-state index is 14.2. The van der Waals surface area contributed by atoms with E-state index in [1.807, 2.05) is 31.2 Å². The molecule has 2 aromatic carbocycles. The number of ether oxygens (including phenoxy) is 1. The molecule has 0 unspecified atom stereocenters. The van der Waals surface area contributed by atoms with Crippen LogP contribution in [0.2, 0.25) is 0 Å². The minimum atomic E-state index is -1.14. The highest BCUT2D eigenvalue weighted by Crippen LogP contribution is 2.27. The number of hydrogen-bond acceptors (Lipinski definition) is 7. The predicted octanol–water partition coefficient (Wildman–Crippen LogP) is 4.93. The standard InChI is InChI=1S/C38H40F2N6O5/c1-3-16-46-37(49)29-23-32(42-34(29)45(38(46)50)18-6-7-21-51-2)27-12-14-33(41-24-27)44(35(47)26-11-13-30(39)31(40)22-26)19-8-17-43-20-15-25-9-4-5-10-28(25)36(43)48/h4-5,9-14,22,24H,3,6-8,15-21,23H2,1-2H3. The molecule has 0 radical (unpaired) electrons. The Balaban J connectivity index is 1.25. The van der Waals surface area contributed by atoms with Crippen molar-refractivity contribution < 1.29 is 23.1 Å². The lowest BCUT2D eigenvalue weighted by atomic mass is 9.99. The van der Waals surface area contributed by atoms with Crippen LogP contribution in [-0.2, 0) is 30.7 Å². The predicted molar refractivity (Wildman–Crippen MR) is 189 cm³/mol. The second-order valence-electron chi connectivity index (χ2n) is 12.7. The van der Waals surface area contributed by atoms with Crippen LogP contribution < -0.4 is 16.1 Å². The largest absolute Gasteiger partial charge is 0.385 e. The van der Waals surface area contributed by atoms with E-state index < -0.39 is 23.2 Å². The van der Waals surface area contributed by atoms with Crippen molar-refractivity contribution in [2.24, 2.45) is 4.99 Å². The Kier molecular flexibility index (Phi) is 10.9. The number of pyridine rings is 1. The van der Waals surface area contributed by atoms with Crippen LogP contribution in [0.3, 0.4) is 0 Å². The van der Waals surface area contributed by atoms with Crippen LogP contribution in [0.5, 0.6) is 0 Å². The molecule has 266 valence electrons. The number of nitrogens with zero attached hydrogens (tertiary/aromatic N) is 6. The Morgan fingerprint density at radius 2 is 1.76 bits per heavy atom. The molecule has 4 heterocycles. The van der Waals surface area contributed by atoms with Gasteiger partial charge in [0.05, 0.1) is 11.3 Å². The molecule has 4 aromatic rings. The number of unbranched alkanes of at least 4 members (excludes halogenated alkanes) is 1. The lowest BCUT2D eigenvalue weighted by Crippen LogP contribution is -2.41. The fraction of sp³-hybridized carbons (Fsp3) is 0.368. The lowest BCUT2D eigenvalue weighted by Gasteiger charge is -2.29. The summed E-state index contributed by atoms with van der Waals surface area (Å²) in [5.41, 5.74) is 2.48. The van der Waals surface area contributed by atoms with Crippen LogP contribution in [0.15, 0.2) is 75.4 Å². The van der Waals surface area contributed by atoms with Crippen LogP contribution in [0, 0.1) is 11.6 Å². The summed E-state index contributed by atoms with van der Waals surface area (Å²) in [5.74, 6) is -2.25. The third-order valence-corrected chi connectivity index (χ3v) is 9.27. The first-order chi connectivity index (χ1) is 24.7. The number of benzene rings is 2. The van der Waals surface area contributed by atoms with Gasteiger partial charge in [0.1, 0.15) is 11.6 Å². The van der Waals surface area contributed by atoms with Crippen molar-refractivity contribution >= 4 is 29.2 Å². The number of aliphatic imine (C=N–C) groups is 1. The number of carbonyl (C=O) groups excluding carboxylic acids is 2. The minimum absolute atomic E-state index is 0.0507. The number of rotatable bonds is 14. The van der Waals surface area contributed by atoms with Crippen LogP contribution in [0.1, 0.15) is 70.0 Å². The molecule has 2 aliphatic heterocycles. The van der Waals surface area contributed by atoms with Gasteiger partial charge in [-0.05, 0) is 74.1 Å². The van der Waals surface area contributed by atoms with Gasteiger partial charge in [-0.15, -0.1) is 0 Å². The van der Waals surface area contributed by atoms with E-state index in [1.165, 1.54) is 15.5 Å². The van der Waals surface area contributed by atoms with E-state index in [2.05, 4.69) is 4.98 Å². The van der Waals surface area contributed by atoms with Crippen molar-refractivity contribution in [3.05, 3.63) is 121 Å². The summed E-state index contributed by atoms with van der Waals surface area (Å²) in [6, 6.07) is 13.8. The van der Waals surface area contributed by atoms with Crippen LogP contribution in [0.25, 0.3) is 0 Å². The molecular weight excluding hydrogens is 658 g/mol. The van der Waals surface area contributed by atoms with Crippen molar-refractivity contribution in [1.82, 2.24) is 19.0 Å². The average molecular weight is 699 g/mol. The highest BCUT2D eigenvalue weighted by molar-refractivity contribution is 6.07. The van der Waals surface area contributed by atoms with Gasteiger partial charge in [0.25, 0.3) is 17.4 Å². The van der Waals surface area contributed by atoms with E-state index in [-0.39, 0.29) is 35.8 Å². The highest BCUT2D eigenvalue weighted by atomic mass is 19.2. The maximum atomic E-state index is 14.2. The first-order valence-corrected chi connectivity index (χ1v) is 17.2. The normalized spacial score (nSPS) is 13.6. The highest BCUT2D eigenvalue weighted by Gasteiger charge is 2.28. The summed E-state index contributed by atoms with van der Waals surface area (Å²) >= 11 is 0. The lowest BCUT2D eigenvalue weighted by molar-refractivity contribution is 0.0738. The molecule has 0 N–H and O–H groups in total. The molecule has 13 heteroatoms. The average Bonchev–Trinajstić information content (AvgIpc) is 3.59. The van der Waals surface area contributed by atoms with Crippen molar-refractivity contribution in [3.8, 4) is 0 Å². The smallest absolute Gasteiger partial charge is 0.332 e. The SMILES string of the molecule is CCCn1c(=O)c2c(n(CCCCOC)c1=O)N=C(c1ccc(N(CCCN3CCc4ccccc4C3=O)C(=O)c3ccc(F)c(F)c3)nc1)C2. The summed E-state index contributed by atoms with van der Waals surface area (Å²) in [6.07, 6.45) is 4.93. The van der Waals surface area contributed by atoms with Crippen LogP contribution in [-0.4, -0.2) is 69.9 Å². The molecule has 2 aromatic heterocycles. The number of anilines is 1. The summed E-state index contributed by atoms with van der Waals surface area (Å²) < 4.78 is 35.9. The Morgan fingerprint density at radius 3 is 2.51 bits per heavy atom. The molecule has 2 amide bonds. The number of hydrogen-bond donors (Lipinski definition) is 0. The molecule has 0 aliphatic carbocycles. The van der Waals surface area contributed by atoms with E-state index in [0.29, 0.717) is 80.3 Å². The molecule has 0 saturated carbocycles. The van der Waals surface area contributed by atoms with Crippen molar-refractivity contribution in [3.63, 3.8) is 0 Å². The molecule has 51 heavy (non-hydrogen) atoms. The van der Waals surface area contributed by atoms with Gasteiger partial charge < -0.3 is 9.64 Å². The molecule has 0 saturated heterocycles. The fourth-order valence-electron chi connectivity index (χ4n) is 6.60. The second-order valence-corrected chi connectivity index (χ2v) is 12.7. The van der Waals surface area contributed by atoms with E-state index in [9.17, 15) is 28.0 Å². The van der Waals surface area contributed by atoms with E-state index in [4.69, 9.17) is 9.73 Å². The number of methoxy groups -OCH3 is 1. The monoisotopic (exact) mass is 698 g/mol. The maximum Gasteiger partial charge on any atom is 0.332 e. The zero-order valence-electron chi connectivity index (χ0n) is 28.7. The van der Waals surface area contributed by atoms with E-state index in [0.717, 1.165) is 30.5 Å². The number of fused-ring (bicyclic) bond motifs is 2. The van der Waals surface area contributed by atoms with Crippen molar-refractivity contribution in [2.75, 3.05) is 38.3 Å². The molecule has 11 nitrogen and oxygen atoms in total. The topological polar surface area (TPSA) is 119 Å². The summed E-state index contributed by atoms with van der Waals surface area (Å²) in [4.78, 5) is 66.1. The van der Waals surface area contributed by atoms with Crippen LogP contribution in [0.4, 0.5) is 20.4 Å². The molecule has 2 aliphatic rings. The van der Waals surface area contributed by atoms with E-state index in [1.54, 1.807) is 34.9 Å². The first-order valence-electron chi connectivity index (χ1n) is 17.2. The van der Waals surface area contributed by atoms with Gasteiger partial charge in [0.15, 0.2) is 11.6 Å². The molecule has 0 atom stereocenters. The van der Waals surface area contributed by atoms with Crippen molar-refractivity contribution in [2.45, 2.75) is 58.5 Å². The number of amides is 2. The molecular formula is C38H40F2N6O5. The van der Waals surface area contributed by atoms with Gasteiger partial charge in [-0.2, -0.15) is 0 Å². The molecule has 6 rings (SSSR count). The Hall–Kier alpha value is -5.30. The van der Waals surface area contributed by atoms with Crippen LogP contribution >= 0.6 is 0 Å². The number of carbonyl (C=O) groups is 2. The molecule has 0 bridgehead atoms. The van der Waals surface area contributed by atoms with E-state index >= 15 is 0 Å². The zero-order chi connectivity index (χ0) is 36.1. The first kappa shape index (κ1) is 35.5. The van der Waals surface area contributed by atoms with Gasteiger partial charge >= 0.3 is 5.69 Å². The third-order valence-electron chi connectivity index (χ3n) is 9.27. The molecule has 0 fully saturated rings. The van der Waals surface area contributed by atoms with Gasteiger partial charge in [-0.25, -0.2) is 23.6 Å². The summed E-state index contributed by atoms with van der Waals surface area (Å²) in [6.45, 7) is 4.23. The Bertz CT molecular complexity index is 2090. The molecule has 0 spiro atoms. The Morgan fingerprint density at radius 1 is 0.941 bits per heavy atom. The van der Waals surface area contributed by atoms with Gasteiger partial charge in [-0.3, -0.25) is 28.4 Å². The second kappa shape index (κ2) is 15.7. The fourth-order valence-corrected chi connectivity index (χ4v) is 6.60. The van der Waals surface area contributed by atoms with Gasteiger partial charge in [0, 0.05) is 75.7 Å². The quantitative estimate of drug-likeness (QED) is 0.172. The summed E-state index contributed by atoms with van der Waals surface area (Å²) in [5, 5.41) is 0. The summed E-state index contributed by atoms with van der Waals surface area (Å²) in [7, 11) is 1.62. The minimum Gasteiger partial charge on any atom is -0.385 e. The van der Waals surface area contributed by atoms with Gasteiger partial charge in [0.2, 0.25) is 0 Å². The number of halogens is 2. The Labute approximate surface area is 293 Å². The third kappa shape index (κ3) is 7.43. The zero-order valence-corrected chi connectivity index (χ0v) is 28.7. The van der Waals surface area contributed by atoms with Crippen molar-refractivity contribution in [1.29, 1.82) is 0 Å². The van der Waals surface area contributed by atoms with Gasteiger partial charge in [-0.1, -0.05) is 25.1 Å².